The van der Waals surface area contributed by atoms with E-state index in [1.54, 1.807) is 17.6 Å². The van der Waals surface area contributed by atoms with Crippen molar-refractivity contribution in [3.05, 3.63) is 151 Å². The second kappa shape index (κ2) is 14.9. The summed E-state index contributed by atoms with van der Waals surface area (Å²) in [6.07, 6.45) is 8.27. The van der Waals surface area contributed by atoms with Gasteiger partial charge in [-0.1, -0.05) is 0 Å². The molecule has 0 saturated heterocycles. The maximum Gasteiger partial charge on any atom is -1.00 e. The quantitative estimate of drug-likeness (QED) is 0.216. The number of hydrogen-bond donors (Lipinski definition) is 0. The normalized spacial score (nSPS) is 13.8. The number of hydrogen-bond acceptors (Lipinski definition) is 0. The Labute approximate surface area is 311 Å². The summed E-state index contributed by atoms with van der Waals surface area (Å²) < 4.78 is 3.75. The summed E-state index contributed by atoms with van der Waals surface area (Å²) >= 11 is -2.72. The van der Waals surface area contributed by atoms with Crippen molar-refractivity contribution in [1.82, 2.24) is 0 Å². The van der Waals surface area contributed by atoms with E-state index in [0.717, 1.165) is 6.42 Å². The van der Waals surface area contributed by atoms with E-state index in [9.17, 15) is 0 Å². The molecule has 0 amide bonds. The predicted molar refractivity (Wildman–Crippen MR) is 197 cm³/mol. The molecule has 3 heteroatoms. The zero-order valence-electron chi connectivity index (χ0n) is 30.5. The smallest absolute Gasteiger partial charge is 1.00 e. The zero-order valence-corrected chi connectivity index (χ0v) is 34.5. The van der Waals surface area contributed by atoms with Gasteiger partial charge in [0, 0.05) is 0 Å². The first-order chi connectivity index (χ1) is 21.7. The third kappa shape index (κ3) is 7.55. The van der Waals surface area contributed by atoms with Crippen molar-refractivity contribution in [3.8, 4) is 11.1 Å². The fraction of sp³-hybridized carbons (Fsp3) is 0.356. The van der Waals surface area contributed by atoms with E-state index in [4.69, 9.17) is 0 Å². The fourth-order valence-electron chi connectivity index (χ4n) is 7.18. The largest absolute Gasteiger partial charge is 1.00 e. The van der Waals surface area contributed by atoms with Crippen molar-refractivity contribution in [3.63, 3.8) is 0 Å². The molecule has 6 rings (SSSR count). The van der Waals surface area contributed by atoms with E-state index in [1.807, 2.05) is 0 Å². The van der Waals surface area contributed by atoms with Crippen molar-refractivity contribution in [1.29, 1.82) is 0 Å². The van der Waals surface area contributed by atoms with Gasteiger partial charge in [-0.15, -0.1) is 0 Å². The first-order valence-electron chi connectivity index (χ1n) is 17.3. The Kier molecular flexibility index (Phi) is 11.9. The monoisotopic (exact) mass is 752 g/mol. The molecule has 0 nitrogen and oxygen atoms in total. The van der Waals surface area contributed by atoms with Gasteiger partial charge in [0.05, 0.1) is 0 Å². The molecule has 0 radical (unpaired) electrons. The molecule has 4 aromatic rings. The van der Waals surface area contributed by atoms with Gasteiger partial charge in [-0.05, 0) is 0 Å². The molecule has 48 heavy (non-hydrogen) atoms. The van der Waals surface area contributed by atoms with Crippen LogP contribution in [0.25, 0.3) is 11.1 Å². The van der Waals surface area contributed by atoms with Crippen molar-refractivity contribution in [2.75, 3.05) is 0 Å². The van der Waals surface area contributed by atoms with Gasteiger partial charge in [0.25, 0.3) is 0 Å². The summed E-state index contributed by atoms with van der Waals surface area (Å²) in [6, 6.07) is 34.2. The van der Waals surface area contributed by atoms with E-state index < -0.39 is 21.3 Å². The summed E-state index contributed by atoms with van der Waals surface area (Å²) in [7, 11) is 0. The third-order valence-electron chi connectivity index (χ3n) is 10.2. The number of fused-ring (bicyclic) bond motifs is 3. The maximum atomic E-state index is 2.54. The Balaban J connectivity index is 0.00000260. The molecular formula is C45H52Cl2Zr. The summed E-state index contributed by atoms with van der Waals surface area (Å²) in [6.45, 7) is 23.3. The third-order valence-corrected chi connectivity index (χ3v) is 18.5. The van der Waals surface area contributed by atoms with Crippen LogP contribution >= 0.6 is 0 Å². The van der Waals surface area contributed by atoms with Crippen LogP contribution in [0.4, 0.5) is 0 Å². The Morgan fingerprint density at radius 1 is 0.604 bits per heavy atom. The first-order valence-corrected chi connectivity index (χ1v) is 21.2. The summed E-state index contributed by atoms with van der Waals surface area (Å²) in [5.41, 5.74) is 14.7. The molecule has 250 valence electrons. The average Bonchev–Trinajstić information content (AvgIpc) is 3.65. The molecule has 2 aliphatic rings. The molecule has 0 aliphatic heterocycles. The van der Waals surface area contributed by atoms with Crippen molar-refractivity contribution < 1.29 is 46.1 Å². The van der Waals surface area contributed by atoms with Crippen molar-refractivity contribution in [2.45, 2.75) is 102 Å². The summed E-state index contributed by atoms with van der Waals surface area (Å²) in [4.78, 5) is 0. The van der Waals surface area contributed by atoms with Gasteiger partial charge in [-0.25, -0.2) is 0 Å². The maximum absolute atomic E-state index is 2.72. The SMILES string of the molecule is CC(C)c1ccc([C](c2ccc(C(C)C)cc2)=[Zr+2]([C]2=CC=CC2)[CH]2c3ccc(C(C)(C)C)cc3-c3cc(C(C)(C)C)ccc32)cc1.[Cl-].[Cl-]. The standard InChI is InChI=1S/C21H25.C19H22.C5H5.2ClH.Zr/c1-20(2,3)16-9-7-14-11-15-8-10-17(21(4,5)6)13-19(15)18(14)12-16;1-14(2)18-9-5-16(6-10-18)13-17-7-11-19(12-8-17)15(3)4;1-2-4-5-3-1;;;/h7-13H,1-6H3;5-12,14-15H,1-4H3;1-3H,4H2;2*1H;/q;;;;;+2/p-2. The minimum Gasteiger partial charge on any atom is -1.00 e. The molecule has 4 aromatic carbocycles. The molecule has 0 aromatic heterocycles. The number of allylic oxidation sites excluding steroid dienone is 4. The summed E-state index contributed by atoms with van der Waals surface area (Å²) in [5, 5.41) is 0. The Morgan fingerprint density at radius 2 is 1.02 bits per heavy atom. The first kappa shape index (κ1) is 38.5. The fourth-order valence-corrected chi connectivity index (χ4v) is 16.2. The van der Waals surface area contributed by atoms with Crippen LogP contribution in [-0.4, -0.2) is 3.21 Å². The molecule has 0 saturated carbocycles. The number of benzene rings is 4. The van der Waals surface area contributed by atoms with Gasteiger partial charge in [0.15, 0.2) is 0 Å². The van der Waals surface area contributed by atoms with Crippen LogP contribution in [-0.2, 0) is 32.1 Å². The van der Waals surface area contributed by atoms with Gasteiger partial charge in [0.1, 0.15) is 0 Å². The Bertz CT molecular complexity index is 1740. The minimum atomic E-state index is -2.72. The van der Waals surface area contributed by atoms with Crippen molar-refractivity contribution >= 4 is 3.21 Å². The number of halogens is 2. The second-order valence-corrected chi connectivity index (χ2v) is 22.5. The molecule has 0 N–H and O–H groups in total. The van der Waals surface area contributed by atoms with E-state index >= 15 is 0 Å². The van der Waals surface area contributed by atoms with Gasteiger partial charge < -0.3 is 24.8 Å². The van der Waals surface area contributed by atoms with Gasteiger partial charge in [0.2, 0.25) is 0 Å². The van der Waals surface area contributed by atoms with Crippen LogP contribution in [0.5, 0.6) is 0 Å². The predicted octanol–water partition coefficient (Wildman–Crippen LogP) is 6.34. The van der Waals surface area contributed by atoms with E-state index in [2.05, 4.69) is 172 Å². The molecule has 0 heterocycles. The molecule has 0 unspecified atom stereocenters. The Hall–Kier alpha value is -2.31. The minimum absolute atomic E-state index is 0. The topological polar surface area (TPSA) is 0 Å². The van der Waals surface area contributed by atoms with Gasteiger partial charge in [-0.3, -0.25) is 0 Å². The summed E-state index contributed by atoms with van der Waals surface area (Å²) in [5.74, 6) is 1.04. The van der Waals surface area contributed by atoms with Crippen LogP contribution in [0.15, 0.2) is 106 Å². The van der Waals surface area contributed by atoms with Crippen LogP contribution < -0.4 is 24.8 Å². The molecular weight excluding hydrogens is 703 g/mol. The average molecular weight is 755 g/mol. The molecule has 0 bridgehead atoms. The van der Waals surface area contributed by atoms with Crippen LogP contribution in [0, 0.1) is 0 Å². The van der Waals surface area contributed by atoms with Crippen LogP contribution in [0.2, 0.25) is 0 Å². The van der Waals surface area contributed by atoms with Crippen LogP contribution in [0.1, 0.15) is 136 Å². The van der Waals surface area contributed by atoms with E-state index in [0.29, 0.717) is 15.5 Å². The molecule has 0 atom stereocenters. The Morgan fingerprint density at radius 3 is 1.35 bits per heavy atom. The van der Waals surface area contributed by atoms with Crippen molar-refractivity contribution in [2.24, 2.45) is 0 Å². The van der Waals surface area contributed by atoms with E-state index in [1.165, 1.54) is 44.5 Å². The van der Waals surface area contributed by atoms with Crippen LogP contribution in [0.3, 0.4) is 0 Å². The molecule has 0 spiro atoms. The van der Waals surface area contributed by atoms with Gasteiger partial charge >= 0.3 is 288 Å². The second-order valence-electron chi connectivity index (χ2n) is 16.2. The zero-order chi connectivity index (χ0) is 33.0. The van der Waals surface area contributed by atoms with E-state index in [-0.39, 0.29) is 35.6 Å². The molecule has 2 aliphatic carbocycles. The van der Waals surface area contributed by atoms with Gasteiger partial charge in [-0.2, -0.15) is 0 Å². The molecule has 0 fully saturated rings. The number of rotatable bonds is 6.